The van der Waals surface area contributed by atoms with E-state index in [1.54, 1.807) is 32.3 Å². The summed E-state index contributed by atoms with van der Waals surface area (Å²) in [6.45, 7) is 9.13. The Morgan fingerprint density at radius 3 is 2.42 bits per heavy atom. The van der Waals surface area contributed by atoms with Gasteiger partial charge in [0.25, 0.3) is 0 Å². The summed E-state index contributed by atoms with van der Waals surface area (Å²) in [6, 6.07) is 1.78. The molecular formula is C28H34O8. The van der Waals surface area contributed by atoms with Crippen molar-refractivity contribution in [2.75, 3.05) is 14.2 Å². The average molecular weight is 499 g/mol. The molecule has 0 amide bonds. The number of allylic oxidation sites excluding steroid dienone is 2. The molecule has 1 fully saturated rings. The molecule has 0 aromatic carbocycles. The minimum Gasteiger partial charge on any atom is -0.472 e. The summed E-state index contributed by atoms with van der Waals surface area (Å²) in [5.74, 6) is -2.52. The lowest BCUT2D eigenvalue weighted by molar-refractivity contribution is -0.165. The van der Waals surface area contributed by atoms with Crippen LogP contribution in [0.1, 0.15) is 65.5 Å². The van der Waals surface area contributed by atoms with Crippen molar-refractivity contribution in [1.29, 1.82) is 0 Å². The van der Waals surface area contributed by atoms with Crippen molar-refractivity contribution in [3.8, 4) is 0 Å². The molecule has 1 saturated carbocycles. The molecule has 8 nitrogen and oxygen atoms in total. The maximum atomic E-state index is 14.0. The van der Waals surface area contributed by atoms with Crippen molar-refractivity contribution in [3.05, 3.63) is 47.5 Å². The molecule has 0 radical (unpaired) electrons. The van der Waals surface area contributed by atoms with E-state index in [2.05, 4.69) is 0 Å². The maximum absolute atomic E-state index is 14.0. The van der Waals surface area contributed by atoms with Gasteiger partial charge in [0.1, 0.15) is 6.10 Å². The Kier molecular flexibility index (Phi) is 6.09. The van der Waals surface area contributed by atoms with E-state index in [1.165, 1.54) is 26.6 Å². The van der Waals surface area contributed by atoms with Gasteiger partial charge in [0.15, 0.2) is 5.78 Å². The molecule has 0 N–H and O–H groups in total. The first kappa shape index (κ1) is 25.9. The molecule has 3 aliphatic rings. The fourth-order valence-corrected chi connectivity index (χ4v) is 7.37. The molecule has 0 saturated heterocycles. The summed E-state index contributed by atoms with van der Waals surface area (Å²) >= 11 is 0. The molecule has 5 unspecified atom stereocenters. The Morgan fingerprint density at radius 1 is 1.14 bits per heavy atom. The molecule has 2 aliphatic carbocycles. The zero-order valence-electron chi connectivity index (χ0n) is 21.9. The number of cyclic esters (lactones) is 1. The molecule has 8 heteroatoms. The first-order chi connectivity index (χ1) is 16.8. The van der Waals surface area contributed by atoms with Crippen molar-refractivity contribution in [1.82, 2.24) is 0 Å². The Morgan fingerprint density at radius 2 is 1.83 bits per heavy atom. The van der Waals surface area contributed by atoms with Crippen LogP contribution in [0.5, 0.6) is 0 Å². The number of esters is 3. The Bertz CT molecular complexity index is 1170. The number of hydrogen-bond acceptors (Lipinski definition) is 8. The van der Waals surface area contributed by atoms with Gasteiger partial charge in [0, 0.05) is 27.9 Å². The third-order valence-corrected chi connectivity index (χ3v) is 9.31. The highest BCUT2D eigenvalue weighted by atomic mass is 16.5. The van der Waals surface area contributed by atoms with E-state index in [4.69, 9.17) is 18.6 Å². The molecular weight excluding hydrogens is 464 g/mol. The Hall–Kier alpha value is -3.16. The van der Waals surface area contributed by atoms with E-state index in [0.717, 1.165) is 16.7 Å². The van der Waals surface area contributed by atoms with Crippen LogP contribution in [0.4, 0.5) is 0 Å². The highest BCUT2D eigenvalue weighted by molar-refractivity contribution is 6.02. The predicted molar refractivity (Wildman–Crippen MR) is 128 cm³/mol. The summed E-state index contributed by atoms with van der Waals surface area (Å²) in [5.41, 5.74) is -1.63. The van der Waals surface area contributed by atoms with Gasteiger partial charge >= 0.3 is 17.9 Å². The molecule has 0 bridgehead atoms. The van der Waals surface area contributed by atoms with Crippen LogP contribution in [-0.4, -0.2) is 37.9 Å². The van der Waals surface area contributed by atoms with Gasteiger partial charge < -0.3 is 18.6 Å². The van der Waals surface area contributed by atoms with Crippen LogP contribution >= 0.6 is 0 Å². The molecule has 194 valence electrons. The monoisotopic (exact) mass is 498 g/mol. The van der Waals surface area contributed by atoms with Crippen LogP contribution in [0, 0.1) is 27.6 Å². The number of rotatable bonds is 6. The zero-order valence-corrected chi connectivity index (χ0v) is 21.9. The van der Waals surface area contributed by atoms with Crippen LogP contribution in [-0.2, 0) is 33.4 Å². The number of ketones is 1. The SMILES string of the molecule is COC(=O)CC(C(C)(C)C(=O)OC)C1(C)C(=O)C=C(C)C12CCC1(C)C2=CC(=O)OC1c1ccoc1. The van der Waals surface area contributed by atoms with Crippen LogP contribution in [0.3, 0.4) is 0 Å². The lowest BCUT2D eigenvalue weighted by atomic mass is 9.48. The Balaban J connectivity index is 1.96. The Labute approximate surface area is 211 Å². The summed E-state index contributed by atoms with van der Waals surface area (Å²) in [6.07, 6.45) is 6.63. The summed E-state index contributed by atoms with van der Waals surface area (Å²) < 4.78 is 21.2. The van der Waals surface area contributed by atoms with Gasteiger partial charge in [-0.15, -0.1) is 0 Å². The molecule has 2 heterocycles. The van der Waals surface area contributed by atoms with E-state index in [9.17, 15) is 19.2 Å². The smallest absolute Gasteiger partial charge is 0.331 e. The second-order valence-electron chi connectivity index (χ2n) is 11.2. The average Bonchev–Trinajstić information content (AvgIpc) is 3.51. The zero-order chi connectivity index (χ0) is 26.7. The number of carbonyl (C=O) groups is 4. The van der Waals surface area contributed by atoms with E-state index in [0.29, 0.717) is 12.8 Å². The summed E-state index contributed by atoms with van der Waals surface area (Å²) in [4.78, 5) is 52.6. The van der Waals surface area contributed by atoms with Gasteiger partial charge in [-0.2, -0.15) is 0 Å². The number of hydrogen-bond donors (Lipinski definition) is 0. The minimum atomic E-state index is -1.23. The molecule has 1 aromatic rings. The number of furan rings is 1. The predicted octanol–water partition coefficient (Wildman–Crippen LogP) is 4.50. The second kappa shape index (κ2) is 8.46. The molecule has 1 aliphatic heterocycles. The summed E-state index contributed by atoms with van der Waals surface area (Å²) in [7, 11) is 2.57. The number of fused-ring (bicyclic) bond motifs is 2. The number of methoxy groups -OCH3 is 2. The van der Waals surface area contributed by atoms with E-state index in [1.807, 2.05) is 20.8 Å². The van der Waals surface area contributed by atoms with Crippen LogP contribution in [0.2, 0.25) is 0 Å². The third kappa shape index (κ3) is 3.26. The van der Waals surface area contributed by atoms with Gasteiger partial charge in [-0.25, -0.2) is 4.79 Å². The van der Waals surface area contributed by atoms with Crippen molar-refractivity contribution in [2.24, 2.45) is 27.6 Å². The molecule has 1 aromatic heterocycles. The maximum Gasteiger partial charge on any atom is 0.331 e. The van der Waals surface area contributed by atoms with Gasteiger partial charge in [0.05, 0.1) is 38.6 Å². The van der Waals surface area contributed by atoms with Crippen molar-refractivity contribution >= 4 is 23.7 Å². The van der Waals surface area contributed by atoms with E-state index in [-0.39, 0.29) is 12.2 Å². The molecule has 4 rings (SSSR count). The molecule has 36 heavy (non-hydrogen) atoms. The van der Waals surface area contributed by atoms with Crippen LogP contribution in [0.25, 0.3) is 0 Å². The second-order valence-corrected chi connectivity index (χ2v) is 11.2. The lowest BCUT2D eigenvalue weighted by Gasteiger charge is -2.53. The van der Waals surface area contributed by atoms with Crippen LogP contribution < -0.4 is 0 Å². The van der Waals surface area contributed by atoms with Crippen molar-refractivity contribution in [2.45, 2.75) is 60.0 Å². The number of carbonyl (C=O) groups excluding carboxylic acids is 4. The molecule has 5 atom stereocenters. The normalized spacial score (nSPS) is 32.5. The minimum absolute atomic E-state index is 0.163. The highest BCUT2D eigenvalue weighted by Gasteiger charge is 2.71. The quantitative estimate of drug-likeness (QED) is 0.416. The van der Waals surface area contributed by atoms with Gasteiger partial charge in [0.2, 0.25) is 0 Å². The van der Waals surface area contributed by atoms with E-state index >= 15 is 0 Å². The van der Waals surface area contributed by atoms with Crippen molar-refractivity contribution < 1.29 is 37.8 Å². The lowest BCUT2D eigenvalue weighted by Crippen LogP contribution is -2.55. The van der Waals surface area contributed by atoms with Gasteiger partial charge in [-0.1, -0.05) is 19.4 Å². The number of ether oxygens (including phenoxy) is 3. The topological polar surface area (TPSA) is 109 Å². The first-order valence-electron chi connectivity index (χ1n) is 12.1. The fourth-order valence-electron chi connectivity index (χ4n) is 7.37. The standard InChI is InChI=1S/C28H34O8/c1-16-12-20(29)27(5,18(13-21(30)33-6)25(2,3)24(32)34-7)28(16)10-9-26(4)19(28)14-22(31)36-23(26)17-8-11-35-15-17/h8,11-12,14-15,18,23H,9-10,13H2,1-7H3. The summed E-state index contributed by atoms with van der Waals surface area (Å²) in [5, 5.41) is 0. The van der Waals surface area contributed by atoms with Gasteiger partial charge in [-0.05, 0) is 57.2 Å². The van der Waals surface area contributed by atoms with Crippen molar-refractivity contribution in [3.63, 3.8) is 0 Å². The fraction of sp³-hybridized carbons (Fsp3) is 0.571. The van der Waals surface area contributed by atoms with Gasteiger partial charge in [-0.3, -0.25) is 14.4 Å². The molecule has 1 spiro atoms. The highest BCUT2D eigenvalue weighted by Crippen LogP contribution is 2.74. The van der Waals surface area contributed by atoms with Crippen LogP contribution in [0.15, 0.2) is 46.3 Å². The first-order valence-corrected chi connectivity index (χ1v) is 12.1. The largest absolute Gasteiger partial charge is 0.472 e. The third-order valence-electron chi connectivity index (χ3n) is 9.31. The van der Waals surface area contributed by atoms with E-state index < -0.39 is 51.6 Å².